The first kappa shape index (κ1) is 21.9. The Bertz CT molecular complexity index is 1130. The molecule has 3 aromatic rings. The van der Waals surface area contributed by atoms with Gasteiger partial charge in [-0.15, -0.1) is 0 Å². The largest absolute Gasteiger partial charge is 0.362 e. The van der Waals surface area contributed by atoms with Crippen LogP contribution in [0.4, 0.5) is 24.9 Å². The van der Waals surface area contributed by atoms with Gasteiger partial charge in [0, 0.05) is 43.2 Å². The van der Waals surface area contributed by atoms with Crippen LogP contribution in [-0.4, -0.2) is 42.1 Å². The first-order chi connectivity index (χ1) is 15.3. The van der Waals surface area contributed by atoms with Crippen LogP contribution < -0.4 is 15.5 Å². The zero-order chi connectivity index (χ0) is 22.8. The summed E-state index contributed by atoms with van der Waals surface area (Å²) in [7, 11) is 3.56. The van der Waals surface area contributed by atoms with Gasteiger partial charge in [-0.3, -0.25) is 4.79 Å². The number of carbonyl (C=O) groups is 1. The molecule has 0 atom stereocenters. The molecule has 32 heavy (non-hydrogen) atoms. The molecule has 4 rings (SSSR count). The standard InChI is InChI=1S/C23H24F3N5O/c1-31(2)21-17-11-18(25)19(26)12-20(17)29-23(30-21)28-16-9-7-15(8-10-16)27-22(32)13-3-5-14(24)6-4-13/h3-6,11-12,15-16H,7-10H2,1-2H3,(H,27,32)(H,28,29,30). The van der Waals surface area contributed by atoms with Crippen molar-refractivity contribution in [3.63, 3.8) is 0 Å². The molecule has 0 aliphatic heterocycles. The van der Waals surface area contributed by atoms with E-state index in [-0.39, 0.29) is 23.8 Å². The van der Waals surface area contributed by atoms with Crippen LogP contribution in [-0.2, 0) is 0 Å². The zero-order valence-electron chi connectivity index (χ0n) is 17.8. The van der Waals surface area contributed by atoms with Gasteiger partial charge >= 0.3 is 0 Å². The fourth-order valence-corrected chi connectivity index (χ4v) is 3.95. The summed E-state index contributed by atoms with van der Waals surface area (Å²) >= 11 is 0. The molecule has 1 fully saturated rings. The summed E-state index contributed by atoms with van der Waals surface area (Å²) in [6.45, 7) is 0. The lowest BCUT2D eigenvalue weighted by molar-refractivity contribution is 0.0926. The Hall–Kier alpha value is -3.36. The molecule has 0 spiro atoms. The number of carbonyl (C=O) groups excluding carboxylic acids is 1. The first-order valence-corrected chi connectivity index (χ1v) is 10.5. The highest BCUT2D eigenvalue weighted by Gasteiger charge is 2.24. The predicted molar refractivity (Wildman–Crippen MR) is 117 cm³/mol. The average molecular weight is 443 g/mol. The van der Waals surface area contributed by atoms with Gasteiger partial charge in [0.25, 0.3) is 5.91 Å². The van der Waals surface area contributed by atoms with Crippen molar-refractivity contribution < 1.29 is 18.0 Å². The molecular weight excluding hydrogens is 419 g/mol. The van der Waals surface area contributed by atoms with E-state index in [9.17, 15) is 18.0 Å². The summed E-state index contributed by atoms with van der Waals surface area (Å²) < 4.78 is 40.5. The maximum absolute atomic E-state index is 13.7. The molecule has 1 aliphatic carbocycles. The van der Waals surface area contributed by atoms with Gasteiger partial charge < -0.3 is 15.5 Å². The summed E-state index contributed by atoms with van der Waals surface area (Å²) in [6.07, 6.45) is 3.09. The molecule has 1 aromatic heterocycles. The van der Waals surface area contributed by atoms with E-state index in [1.165, 1.54) is 24.3 Å². The highest BCUT2D eigenvalue weighted by molar-refractivity contribution is 5.94. The van der Waals surface area contributed by atoms with Gasteiger partial charge in [-0.25, -0.2) is 18.2 Å². The first-order valence-electron chi connectivity index (χ1n) is 10.5. The van der Waals surface area contributed by atoms with Crippen molar-refractivity contribution in [3.05, 3.63) is 59.4 Å². The van der Waals surface area contributed by atoms with E-state index in [4.69, 9.17) is 0 Å². The molecule has 168 valence electrons. The minimum absolute atomic E-state index is 0.0255. The minimum atomic E-state index is -0.954. The maximum atomic E-state index is 13.7. The monoisotopic (exact) mass is 443 g/mol. The van der Waals surface area contributed by atoms with Gasteiger partial charge in [-0.2, -0.15) is 4.98 Å². The van der Waals surface area contributed by atoms with Crippen LogP contribution in [0.1, 0.15) is 36.0 Å². The van der Waals surface area contributed by atoms with Crippen molar-refractivity contribution in [1.82, 2.24) is 15.3 Å². The molecule has 0 radical (unpaired) electrons. The molecule has 9 heteroatoms. The average Bonchev–Trinajstić information content (AvgIpc) is 2.76. The van der Waals surface area contributed by atoms with Crippen LogP contribution in [0.15, 0.2) is 36.4 Å². The summed E-state index contributed by atoms with van der Waals surface area (Å²) in [4.78, 5) is 22.9. The third-order valence-corrected chi connectivity index (χ3v) is 5.64. The number of rotatable bonds is 5. The molecular formula is C23H24F3N5O. The molecule has 0 bridgehead atoms. The van der Waals surface area contributed by atoms with Crippen molar-refractivity contribution in [2.24, 2.45) is 0 Å². The van der Waals surface area contributed by atoms with E-state index in [1.807, 2.05) is 0 Å². The van der Waals surface area contributed by atoms with Crippen molar-refractivity contribution in [2.75, 3.05) is 24.3 Å². The van der Waals surface area contributed by atoms with Gasteiger partial charge in [-0.1, -0.05) is 0 Å². The highest BCUT2D eigenvalue weighted by atomic mass is 19.2. The van der Waals surface area contributed by atoms with Gasteiger partial charge in [0.1, 0.15) is 11.6 Å². The summed E-state index contributed by atoms with van der Waals surface area (Å²) in [5.41, 5.74) is 0.751. The molecule has 2 aromatic carbocycles. The second kappa shape index (κ2) is 9.02. The third kappa shape index (κ3) is 4.76. The Morgan fingerprint density at radius 2 is 1.56 bits per heavy atom. The molecule has 2 N–H and O–H groups in total. The van der Waals surface area contributed by atoms with Crippen LogP contribution in [0.3, 0.4) is 0 Å². The number of hydrogen-bond acceptors (Lipinski definition) is 5. The summed E-state index contributed by atoms with van der Waals surface area (Å²) in [5.74, 6) is -1.64. The fourth-order valence-electron chi connectivity index (χ4n) is 3.95. The molecule has 0 unspecified atom stereocenters. The van der Waals surface area contributed by atoms with Crippen LogP contribution in [0.5, 0.6) is 0 Å². The van der Waals surface area contributed by atoms with E-state index in [1.54, 1.807) is 19.0 Å². The van der Waals surface area contributed by atoms with Crippen molar-refractivity contribution in [3.8, 4) is 0 Å². The highest BCUT2D eigenvalue weighted by Crippen LogP contribution is 2.28. The van der Waals surface area contributed by atoms with Gasteiger partial charge in [0.15, 0.2) is 11.6 Å². The molecule has 6 nitrogen and oxygen atoms in total. The van der Waals surface area contributed by atoms with Crippen LogP contribution >= 0.6 is 0 Å². The van der Waals surface area contributed by atoms with Gasteiger partial charge in [-0.05, 0) is 56.0 Å². The molecule has 0 saturated heterocycles. The lowest BCUT2D eigenvalue weighted by Gasteiger charge is -2.30. The second-order valence-corrected chi connectivity index (χ2v) is 8.22. The minimum Gasteiger partial charge on any atom is -0.362 e. The van der Waals surface area contributed by atoms with Crippen molar-refractivity contribution in [2.45, 2.75) is 37.8 Å². The Morgan fingerprint density at radius 1 is 0.938 bits per heavy atom. The quantitative estimate of drug-likeness (QED) is 0.617. The SMILES string of the molecule is CN(C)c1nc(NC2CCC(NC(=O)c3ccc(F)cc3)CC2)nc2cc(F)c(F)cc12. The van der Waals surface area contributed by atoms with Crippen molar-refractivity contribution in [1.29, 1.82) is 0 Å². The summed E-state index contributed by atoms with van der Waals surface area (Å²) in [5, 5.41) is 6.73. The number of nitrogens with one attached hydrogen (secondary N) is 2. The number of halogens is 3. The molecule has 1 saturated carbocycles. The molecule has 1 aliphatic rings. The number of nitrogens with zero attached hydrogens (tertiary/aromatic N) is 3. The normalized spacial score (nSPS) is 18.4. The van der Waals surface area contributed by atoms with E-state index in [0.29, 0.717) is 28.2 Å². The number of aromatic nitrogens is 2. The van der Waals surface area contributed by atoms with Crippen LogP contribution in [0, 0.1) is 17.5 Å². The number of anilines is 2. The number of fused-ring (bicyclic) bond motifs is 1. The Morgan fingerprint density at radius 3 is 2.22 bits per heavy atom. The Balaban J connectivity index is 1.41. The predicted octanol–water partition coefficient (Wildman–Crippen LogP) is 4.27. The Labute approximate surface area is 183 Å². The van der Waals surface area contributed by atoms with Gasteiger partial charge in [0.05, 0.1) is 5.52 Å². The second-order valence-electron chi connectivity index (χ2n) is 8.22. The maximum Gasteiger partial charge on any atom is 0.251 e. The van der Waals surface area contributed by atoms with E-state index < -0.39 is 11.6 Å². The zero-order valence-corrected chi connectivity index (χ0v) is 17.8. The number of benzene rings is 2. The molecule has 1 amide bonds. The smallest absolute Gasteiger partial charge is 0.251 e. The topological polar surface area (TPSA) is 70.2 Å². The van der Waals surface area contributed by atoms with Crippen molar-refractivity contribution >= 4 is 28.6 Å². The Kier molecular flexibility index (Phi) is 6.16. The number of amides is 1. The van der Waals surface area contributed by atoms with Crippen LogP contribution in [0.25, 0.3) is 10.9 Å². The lowest BCUT2D eigenvalue weighted by atomic mass is 9.91. The van der Waals surface area contributed by atoms with Gasteiger partial charge in [0.2, 0.25) is 5.95 Å². The lowest BCUT2D eigenvalue weighted by Crippen LogP contribution is -2.40. The van der Waals surface area contributed by atoms with E-state index in [0.717, 1.165) is 37.8 Å². The van der Waals surface area contributed by atoms with E-state index >= 15 is 0 Å². The number of hydrogen-bond donors (Lipinski definition) is 2. The third-order valence-electron chi connectivity index (χ3n) is 5.64. The van der Waals surface area contributed by atoms with Crippen LogP contribution in [0.2, 0.25) is 0 Å². The van der Waals surface area contributed by atoms with E-state index in [2.05, 4.69) is 20.6 Å². The fraction of sp³-hybridized carbons (Fsp3) is 0.348. The summed E-state index contributed by atoms with van der Waals surface area (Å²) in [6, 6.07) is 7.76. The molecule has 1 heterocycles.